The lowest BCUT2D eigenvalue weighted by atomic mass is 9.91. The summed E-state index contributed by atoms with van der Waals surface area (Å²) >= 11 is 3.42. The Balaban J connectivity index is 1.39. The van der Waals surface area contributed by atoms with Crippen molar-refractivity contribution in [2.24, 2.45) is 0 Å². The number of para-hydroxylation sites is 1. The molecule has 0 saturated heterocycles. The molecule has 5 nitrogen and oxygen atoms in total. The number of hydrogen-bond donors (Lipinski definition) is 1. The fourth-order valence-corrected chi connectivity index (χ4v) is 5.70. The number of thioether (sulfide) groups is 1. The van der Waals surface area contributed by atoms with Gasteiger partial charge in [-0.15, -0.1) is 11.3 Å². The summed E-state index contributed by atoms with van der Waals surface area (Å²) in [5.41, 5.74) is 3.44. The van der Waals surface area contributed by atoms with Gasteiger partial charge in [0.2, 0.25) is 12.5 Å². The van der Waals surface area contributed by atoms with E-state index < -0.39 is 0 Å². The quantitative estimate of drug-likeness (QED) is 0.516. The largest absolute Gasteiger partial charge is 0.492 e. The molecule has 3 heterocycles. The third-order valence-electron chi connectivity index (χ3n) is 5.31. The molecule has 2 atom stereocenters. The van der Waals surface area contributed by atoms with E-state index in [0.717, 1.165) is 39.9 Å². The number of methoxy groups -OCH3 is 1. The third-order valence-corrected chi connectivity index (χ3v) is 7.37. The highest BCUT2D eigenvalue weighted by Gasteiger charge is 2.35. The van der Waals surface area contributed by atoms with Gasteiger partial charge in [-0.25, -0.2) is 4.98 Å². The molecule has 2 aliphatic heterocycles. The highest BCUT2D eigenvalue weighted by Crippen LogP contribution is 2.47. The van der Waals surface area contributed by atoms with Crippen molar-refractivity contribution < 1.29 is 19.1 Å². The normalized spacial score (nSPS) is 19.5. The van der Waals surface area contributed by atoms with E-state index in [0.29, 0.717) is 11.5 Å². The van der Waals surface area contributed by atoms with Crippen molar-refractivity contribution in [1.82, 2.24) is 4.98 Å². The van der Waals surface area contributed by atoms with Crippen LogP contribution in [0.1, 0.15) is 17.2 Å². The lowest BCUT2D eigenvalue weighted by molar-refractivity contribution is -0.905. The Labute approximate surface area is 178 Å². The molecule has 3 aromatic rings. The Morgan fingerprint density at radius 1 is 1.34 bits per heavy atom. The van der Waals surface area contributed by atoms with Gasteiger partial charge in [0.05, 0.1) is 42.2 Å². The van der Waals surface area contributed by atoms with Crippen molar-refractivity contribution in [3.05, 3.63) is 41.5 Å². The number of aromatic nitrogens is 1. The first-order chi connectivity index (χ1) is 14.2. The number of likely N-dealkylation sites (N-methyl/N-ethyl adjacent to an activating group) is 1. The van der Waals surface area contributed by atoms with Gasteiger partial charge in [-0.1, -0.05) is 29.8 Å². The molecule has 1 N–H and O–H groups in total. The predicted octanol–water partition coefficient (Wildman–Crippen LogP) is 2.94. The fourth-order valence-electron chi connectivity index (χ4n) is 3.88. The predicted molar refractivity (Wildman–Crippen MR) is 115 cm³/mol. The smallest absolute Gasteiger partial charge is 0.231 e. The van der Waals surface area contributed by atoms with Crippen LogP contribution in [-0.2, 0) is 6.42 Å². The van der Waals surface area contributed by atoms with Gasteiger partial charge in [-0.2, -0.15) is 0 Å². The first kappa shape index (κ1) is 18.6. The van der Waals surface area contributed by atoms with Crippen LogP contribution in [0.3, 0.4) is 0 Å². The van der Waals surface area contributed by atoms with Crippen LogP contribution >= 0.6 is 23.1 Å². The number of hydrogen-bond acceptors (Lipinski definition) is 6. The minimum absolute atomic E-state index is 0.0548. The topological polar surface area (TPSA) is 45.0 Å². The Bertz CT molecular complexity index is 1100. The molecule has 0 bridgehead atoms. The van der Waals surface area contributed by atoms with Crippen LogP contribution < -0.4 is 19.1 Å². The van der Waals surface area contributed by atoms with Crippen LogP contribution in [-0.4, -0.2) is 38.2 Å². The second-order valence-electron chi connectivity index (χ2n) is 7.05. The highest BCUT2D eigenvalue weighted by atomic mass is 32.2. The SMILES string of the molecule is COc1c2c(cc3c1[C@H](C#CCSc1nc4ccccc4s1)[NH+](C)CC3)OCO2. The fraction of sp³-hybridized carbons (Fsp3) is 0.318. The third kappa shape index (κ3) is 3.42. The summed E-state index contributed by atoms with van der Waals surface area (Å²) in [5.74, 6) is 9.83. The molecular formula is C22H21N2O3S2+. The lowest BCUT2D eigenvalue weighted by Gasteiger charge is -2.30. The van der Waals surface area contributed by atoms with E-state index in [1.165, 1.54) is 15.2 Å². The van der Waals surface area contributed by atoms with Crippen LogP contribution in [0.15, 0.2) is 34.7 Å². The standard InChI is InChI=1S/C22H20N2O3S2/c1-24-10-9-14-12-17-20(27-13-26-17)21(25-2)19(14)16(24)7-5-11-28-22-23-15-6-3-4-8-18(15)29-22/h3-4,6,8,12,16H,9-11,13H2,1-2H3/p+1/t16-/m0/s1. The number of quaternary nitrogens is 1. The summed E-state index contributed by atoms with van der Waals surface area (Å²) in [7, 11) is 3.88. The van der Waals surface area contributed by atoms with Crippen molar-refractivity contribution in [2.45, 2.75) is 16.8 Å². The van der Waals surface area contributed by atoms with Crippen molar-refractivity contribution in [3.63, 3.8) is 0 Å². The van der Waals surface area contributed by atoms with Crippen LogP contribution in [0, 0.1) is 11.8 Å². The molecule has 7 heteroatoms. The van der Waals surface area contributed by atoms with Gasteiger partial charge in [0.1, 0.15) is 0 Å². The van der Waals surface area contributed by atoms with E-state index in [1.807, 2.05) is 12.1 Å². The average molecular weight is 426 g/mol. The number of benzene rings is 2. The molecule has 5 rings (SSSR count). The molecule has 2 aliphatic rings. The number of ether oxygens (including phenoxy) is 3. The monoisotopic (exact) mass is 425 g/mol. The minimum Gasteiger partial charge on any atom is -0.492 e. The maximum absolute atomic E-state index is 5.74. The highest BCUT2D eigenvalue weighted by molar-refractivity contribution is 8.01. The van der Waals surface area contributed by atoms with Crippen LogP contribution in [0.5, 0.6) is 17.2 Å². The molecule has 0 fully saturated rings. The molecule has 0 radical (unpaired) electrons. The molecule has 2 aromatic carbocycles. The first-order valence-corrected chi connectivity index (χ1v) is 11.3. The second-order valence-corrected chi connectivity index (χ2v) is 9.31. The number of fused-ring (bicyclic) bond motifs is 3. The Morgan fingerprint density at radius 2 is 2.24 bits per heavy atom. The van der Waals surface area contributed by atoms with E-state index in [9.17, 15) is 0 Å². The number of nitrogens with zero attached hydrogens (tertiary/aromatic N) is 1. The van der Waals surface area contributed by atoms with Crippen LogP contribution in [0.2, 0.25) is 0 Å². The maximum atomic E-state index is 5.74. The van der Waals surface area contributed by atoms with E-state index in [2.05, 4.69) is 42.1 Å². The van der Waals surface area contributed by atoms with Gasteiger partial charge in [-0.3, -0.25) is 0 Å². The molecule has 29 heavy (non-hydrogen) atoms. The minimum atomic E-state index is 0.0548. The summed E-state index contributed by atoms with van der Waals surface area (Å²) in [6.07, 6.45) is 0.979. The molecule has 0 aliphatic carbocycles. The number of thiazole rings is 1. The summed E-state index contributed by atoms with van der Waals surface area (Å²) in [6.45, 7) is 1.27. The van der Waals surface area contributed by atoms with Gasteiger partial charge in [0.25, 0.3) is 0 Å². The van der Waals surface area contributed by atoms with Crippen molar-refractivity contribution in [1.29, 1.82) is 0 Å². The van der Waals surface area contributed by atoms with Gasteiger partial charge >= 0.3 is 0 Å². The van der Waals surface area contributed by atoms with Crippen molar-refractivity contribution >= 4 is 33.3 Å². The zero-order chi connectivity index (χ0) is 19.8. The molecule has 1 aromatic heterocycles. The van der Waals surface area contributed by atoms with Gasteiger partial charge < -0.3 is 19.1 Å². The summed E-state index contributed by atoms with van der Waals surface area (Å²) in [5, 5.41) is 0. The van der Waals surface area contributed by atoms with Crippen LogP contribution in [0.25, 0.3) is 10.2 Å². The molecule has 0 amide bonds. The summed E-state index contributed by atoms with van der Waals surface area (Å²) in [4.78, 5) is 6.04. The second kappa shape index (κ2) is 7.79. The van der Waals surface area contributed by atoms with E-state index in [1.54, 1.807) is 30.2 Å². The zero-order valence-electron chi connectivity index (χ0n) is 16.3. The van der Waals surface area contributed by atoms with Crippen molar-refractivity contribution in [2.75, 3.05) is 33.2 Å². The molecular weight excluding hydrogens is 404 g/mol. The maximum Gasteiger partial charge on any atom is 0.231 e. The van der Waals surface area contributed by atoms with Crippen LogP contribution in [0.4, 0.5) is 0 Å². The lowest BCUT2D eigenvalue weighted by Crippen LogP contribution is -3.10. The molecule has 0 saturated carbocycles. The summed E-state index contributed by atoms with van der Waals surface area (Å²) in [6, 6.07) is 10.4. The number of nitrogens with one attached hydrogen (secondary N) is 1. The molecule has 148 valence electrons. The van der Waals surface area contributed by atoms with E-state index in [-0.39, 0.29) is 12.8 Å². The van der Waals surface area contributed by atoms with Crippen molar-refractivity contribution in [3.8, 4) is 29.1 Å². The van der Waals surface area contributed by atoms with E-state index in [4.69, 9.17) is 14.2 Å². The Morgan fingerprint density at radius 3 is 3.10 bits per heavy atom. The first-order valence-electron chi connectivity index (χ1n) is 9.53. The van der Waals surface area contributed by atoms with Gasteiger partial charge in [-0.05, 0) is 29.7 Å². The molecule has 0 spiro atoms. The Hall–Kier alpha value is -2.40. The molecule has 1 unspecified atom stereocenters. The summed E-state index contributed by atoms with van der Waals surface area (Å²) < 4.78 is 19.3. The zero-order valence-corrected chi connectivity index (χ0v) is 17.9. The average Bonchev–Trinajstić information content (AvgIpc) is 3.37. The number of rotatable bonds is 3. The van der Waals surface area contributed by atoms with Gasteiger partial charge in [0.15, 0.2) is 21.9 Å². The van der Waals surface area contributed by atoms with Gasteiger partial charge in [0, 0.05) is 6.42 Å². The Kier molecular flexibility index (Phi) is 5.00. The van der Waals surface area contributed by atoms with E-state index >= 15 is 0 Å².